The van der Waals surface area contributed by atoms with Crippen molar-refractivity contribution >= 4 is 40.0 Å². The molecule has 0 radical (unpaired) electrons. The van der Waals surface area contributed by atoms with Gasteiger partial charge in [-0.2, -0.15) is 5.26 Å². The van der Waals surface area contributed by atoms with Crippen molar-refractivity contribution in [2.75, 3.05) is 5.32 Å². The Bertz CT molecular complexity index is 1340. The van der Waals surface area contributed by atoms with Crippen LogP contribution in [-0.2, 0) is 11.4 Å². The fourth-order valence-electron chi connectivity index (χ4n) is 3.22. The average molecular weight is 439 g/mol. The van der Waals surface area contributed by atoms with Crippen molar-refractivity contribution in [3.05, 3.63) is 113 Å². The smallest absolute Gasteiger partial charge is 0.266 e. The summed E-state index contributed by atoms with van der Waals surface area (Å²) in [4.78, 5) is 12.4. The van der Waals surface area contributed by atoms with Crippen LogP contribution in [-0.4, -0.2) is 5.91 Å². The first-order valence-electron chi connectivity index (χ1n) is 10.0. The lowest BCUT2D eigenvalue weighted by atomic mass is 10.1. The van der Waals surface area contributed by atoms with Gasteiger partial charge in [-0.15, -0.1) is 0 Å². The van der Waals surface area contributed by atoms with Crippen LogP contribution in [0.25, 0.3) is 16.8 Å². The summed E-state index contributed by atoms with van der Waals surface area (Å²) in [6.45, 7) is 0.448. The van der Waals surface area contributed by atoms with Crippen LogP contribution >= 0.6 is 11.6 Å². The summed E-state index contributed by atoms with van der Waals surface area (Å²) in [5.74, 6) is 0.187. The molecule has 1 N–H and O–H groups in total. The van der Waals surface area contributed by atoms with Crippen LogP contribution in [0.4, 0.5) is 5.69 Å². The average Bonchev–Trinajstić information content (AvgIpc) is 2.83. The molecule has 0 saturated heterocycles. The number of nitrogens with one attached hydrogen (secondary N) is 1. The van der Waals surface area contributed by atoms with Gasteiger partial charge in [0.1, 0.15) is 24.0 Å². The monoisotopic (exact) mass is 438 g/mol. The molecule has 0 fully saturated rings. The van der Waals surface area contributed by atoms with E-state index in [0.717, 1.165) is 5.56 Å². The zero-order valence-electron chi connectivity index (χ0n) is 17.1. The molecule has 1 amide bonds. The van der Waals surface area contributed by atoms with Crippen LogP contribution in [0.2, 0.25) is 5.02 Å². The van der Waals surface area contributed by atoms with Crippen molar-refractivity contribution in [3.63, 3.8) is 0 Å². The lowest BCUT2D eigenvalue weighted by Gasteiger charge is -2.08. The van der Waals surface area contributed by atoms with Crippen molar-refractivity contribution in [3.8, 4) is 11.8 Å². The molecule has 0 heterocycles. The Balaban J connectivity index is 1.41. The first-order valence-corrected chi connectivity index (χ1v) is 10.4. The molecule has 0 aliphatic heterocycles. The molecule has 0 aliphatic carbocycles. The Morgan fingerprint density at radius 3 is 2.41 bits per heavy atom. The van der Waals surface area contributed by atoms with Crippen molar-refractivity contribution in [2.24, 2.45) is 0 Å². The van der Waals surface area contributed by atoms with Crippen molar-refractivity contribution in [2.45, 2.75) is 6.61 Å². The second-order valence-electron chi connectivity index (χ2n) is 7.14. The molecule has 4 nitrogen and oxygen atoms in total. The quantitative estimate of drug-likeness (QED) is 0.272. The van der Waals surface area contributed by atoms with Crippen LogP contribution in [0, 0.1) is 11.3 Å². The van der Waals surface area contributed by atoms with Gasteiger partial charge in [0.25, 0.3) is 5.91 Å². The van der Waals surface area contributed by atoms with Gasteiger partial charge in [-0.05, 0) is 58.3 Å². The van der Waals surface area contributed by atoms with E-state index in [2.05, 4.69) is 35.6 Å². The number of para-hydroxylation sites is 1. The van der Waals surface area contributed by atoms with Crippen LogP contribution in [0.15, 0.2) is 96.6 Å². The second-order valence-corrected chi connectivity index (χ2v) is 7.55. The minimum atomic E-state index is -0.516. The molecule has 4 rings (SSSR count). The first-order chi connectivity index (χ1) is 15.6. The molecular weight excluding hydrogens is 420 g/mol. The standard InChI is InChI=1S/C27H19ClN2O2/c28-25-7-3-4-8-26(25)30-27(31)23(17-29)15-19-10-13-24(14-11-19)32-18-20-9-12-21-5-1-2-6-22(21)16-20/h1-16H,18H2,(H,30,31)/b23-15+. The van der Waals surface area contributed by atoms with Gasteiger partial charge in [-0.3, -0.25) is 4.79 Å². The molecular formula is C27H19ClN2O2. The lowest BCUT2D eigenvalue weighted by molar-refractivity contribution is -0.112. The van der Waals surface area contributed by atoms with E-state index in [1.807, 2.05) is 30.3 Å². The van der Waals surface area contributed by atoms with E-state index in [9.17, 15) is 10.1 Å². The molecule has 0 saturated carbocycles. The number of carbonyl (C=O) groups excluding carboxylic acids is 1. The maximum absolute atomic E-state index is 12.4. The van der Waals surface area contributed by atoms with Gasteiger partial charge < -0.3 is 10.1 Å². The van der Waals surface area contributed by atoms with Crippen LogP contribution in [0.3, 0.4) is 0 Å². The fraction of sp³-hybridized carbons (Fsp3) is 0.0370. The minimum absolute atomic E-state index is 0.0187. The lowest BCUT2D eigenvalue weighted by Crippen LogP contribution is -2.13. The predicted molar refractivity (Wildman–Crippen MR) is 128 cm³/mol. The third-order valence-corrected chi connectivity index (χ3v) is 5.23. The molecule has 156 valence electrons. The number of carbonyl (C=O) groups is 1. The highest BCUT2D eigenvalue weighted by molar-refractivity contribution is 6.34. The second kappa shape index (κ2) is 9.82. The number of halogens is 1. The molecule has 0 bridgehead atoms. The zero-order chi connectivity index (χ0) is 22.3. The van der Waals surface area contributed by atoms with Crippen molar-refractivity contribution < 1.29 is 9.53 Å². The highest BCUT2D eigenvalue weighted by atomic mass is 35.5. The van der Waals surface area contributed by atoms with Gasteiger partial charge in [0.2, 0.25) is 0 Å². The number of hydrogen-bond donors (Lipinski definition) is 1. The Morgan fingerprint density at radius 2 is 1.66 bits per heavy atom. The molecule has 0 spiro atoms. The van der Waals surface area contributed by atoms with Gasteiger partial charge in [0.15, 0.2) is 0 Å². The molecule has 4 aromatic rings. The van der Waals surface area contributed by atoms with E-state index in [4.69, 9.17) is 16.3 Å². The number of ether oxygens (including phenoxy) is 1. The SMILES string of the molecule is N#C/C(=C\c1ccc(OCc2ccc3ccccc3c2)cc1)C(=O)Nc1ccccc1Cl. The molecule has 0 aliphatic rings. The van der Waals surface area contributed by atoms with E-state index in [0.29, 0.717) is 28.6 Å². The minimum Gasteiger partial charge on any atom is -0.489 e. The normalized spacial score (nSPS) is 11.1. The Hall–Kier alpha value is -4.07. The van der Waals surface area contributed by atoms with E-state index in [1.54, 1.807) is 36.4 Å². The maximum atomic E-state index is 12.4. The molecule has 5 heteroatoms. The van der Waals surface area contributed by atoms with Gasteiger partial charge in [-0.25, -0.2) is 0 Å². The third-order valence-electron chi connectivity index (χ3n) is 4.90. The van der Waals surface area contributed by atoms with Gasteiger partial charge in [-0.1, -0.05) is 72.3 Å². The zero-order valence-corrected chi connectivity index (χ0v) is 17.8. The van der Waals surface area contributed by atoms with E-state index in [-0.39, 0.29) is 5.57 Å². The summed E-state index contributed by atoms with van der Waals surface area (Å²) in [6, 6.07) is 30.5. The van der Waals surface area contributed by atoms with E-state index in [1.165, 1.54) is 16.8 Å². The Labute approximate surface area is 191 Å². The van der Waals surface area contributed by atoms with E-state index < -0.39 is 5.91 Å². The van der Waals surface area contributed by atoms with Crippen LogP contribution < -0.4 is 10.1 Å². The molecule has 32 heavy (non-hydrogen) atoms. The van der Waals surface area contributed by atoms with Crippen molar-refractivity contribution in [1.82, 2.24) is 0 Å². The topological polar surface area (TPSA) is 62.1 Å². The van der Waals surface area contributed by atoms with Crippen LogP contribution in [0.1, 0.15) is 11.1 Å². The molecule has 0 atom stereocenters. The summed E-state index contributed by atoms with van der Waals surface area (Å²) in [5.41, 5.74) is 2.23. The largest absolute Gasteiger partial charge is 0.489 e. The highest BCUT2D eigenvalue weighted by Crippen LogP contribution is 2.22. The first kappa shape index (κ1) is 21.2. The number of rotatable bonds is 6. The molecule has 0 aromatic heterocycles. The number of hydrogen-bond acceptors (Lipinski definition) is 3. The number of nitriles is 1. The van der Waals surface area contributed by atoms with Gasteiger partial charge in [0, 0.05) is 0 Å². The number of amides is 1. The van der Waals surface area contributed by atoms with Gasteiger partial charge in [0.05, 0.1) is 10.7 Å². The summed E-state index contributed by atoms with van der Waals surface area (Å²) >= 11 is 6.07. The van der Waals surface area contributed by atoms with Crippen LogP contribution in [0.5, 0.6) is 5.75 Å². The molecule has 4 aromatic carbocycles. The fourth-order valence-corrected chi connectivity index (χ4v) is 3.41. The summed E-state index contributed by atoms with van der Waals surface area (Å²) in [7, 11) is 0. The number of nitrogens with zero attached hydrogens (tertiary/aromatic N) is 1. The maximum Gasteiger partial charge on any atom is 0.266 e. The Kier molecular flexibility index (Phi) is 6.50. The van der Waals surface area contributed by atoms with E-state index >= 15 is 0 Å². The number of fused-ring (bicyclic) bond motifs is 1. The molecule has 0 unspecified atom stereocenters. The predicted octanol–water partition coefficient (Wildman–Crippen LogP) is 6.62. The number of anilines is 1. The summed E-state index contributed by atoms with van der Waals surface area (Å²) in [5, 5.41) is 14.8. The van der Waals surface area contributed by atoms with Crippen molar-refractivity contribution in [1.29, 1.82) is 5.26 Å². The summed E-state index contributed by atoms with van der Waals surface area (Å²) < 4.78 is 5.89. The number of benzene rings is 4. The Morgan fingerprint density at radius 1 is 0.938 bits per heavy atom. The summed E-state index contributed by atoms with van der Waals surface area (Å²) in [6.07, 6.45) is 1.53. The highest BCUT2D eigenvalue weighted by Gasteiger charge is 2.11. The third kappa shape index (κ3) is 5.15. The van der Waals surface area contributed by atoms with Gasteiger partial charge >= 0.3 is 0 Å².